The number of hydrogen-bond donors (Lipinski definition) is 1. The molecule has 2 aromatic carbocycles. The SMILES string of the molecule is COc1ccc([N+](=O)[O-])cc1N(CC(=O)N(Cc1ccccc1Cl)C(C)C(=O)NCC(C)C)S(C)(=O)=O. The normalized spacial score (nSPS) is 12.1. The van der Waals surface area contributed by atoms with Gasteiger partial charge >= 0.3 is 0 Å². The average molecular weight is 555 g/mol. The summed E-state index contributed by atoms with van der Waals surface area (Å²) >= 11 is 6.30. The van der Waals surface area contributed by atoms with E-state index in [0.29, 0.717) is 17.1 Å². The molecule has 0 aliphatic carbocycles. The molecule has 0 saturated carbocycles. The predicted octanol–water partition coefficient (Wildman–Crippen LogP) is 3.21. The summed E-state index contributed by atoms with van der Waals surface area (Å²) in [6.07, 6.45) is 0.871. The fourth-order valence-electron chi connectivity index (χ4n) is 3.43. The van der Waals surface area contributed by atoms with Crippen LogP contribution in [-0.2, 0) is 26.2 Å². The standard InChI is InChI=1S/C24H31ClN4O7S/c1-16(2)13-26-24(31)17(3)27(14-18-8-6-7-9-20(18)25)23(30)15-28(37(5,34)35)21-12-19(29(32)33)10-11-22(21)36-4/h6-12,16-17H,13-15H2,1-5H3,(H,26,31). The van der Waals surface area contributed by atoms with Gasteiger partial charge in [0, 0.05) is 30.2 Å². The lowest BCUT2D eigenvalue weighted by atomic mass is 10.1. The van der Waals surface area contributed by atoms with Crippen LogP contribution in [-0.4, -0.2) is 62.6 Å². The Bertz CT molecular complexity index is 1250. The monoisotopic (exact) mass is 554 g/mol. The molecule has 0 aromatic heterocycles. The van der Waals surface area contributed by atoms with E-state index in [1.807, 2.05) is 13.8 Å². The summed E-state index contributed by atoms with van der Waals surface area (Å²) in [4.78, 5) is 38.4. The van der Waals surface area contributed by atoms with E-state index in [9.17, 15) is 28.1 Å². The molecule has 0 heterocycles. The lowest BCUT2D eigenvalue weighted by Crippen LogP contribution is -2.51. The van der Waals surface area contributed by atoms with Crippen molar-refractivity contribution in [1.82, 2.24) is 10.2 Å². The summed E-state index contributed by atoms with van der Waals surface area (Å²) in [5, 5.41) is 14.5. The van der Waals surface area contributed by atoms with Gasteiger partial charge in [-0.1, -0.05) is 43.6 Å². The molecule has 13 heteroatoms. The third kappa shape index (κ3) is 8.05. The number of nitro groups is 1. The third-order valence-corrected chi connectivity index (χ3v) is 6.97. The number of nitro benzene ring substituents is 1. The maximum Gasteiger partial charge on any atom is 0.271 e. The highest BCUT2D eigenvalue weighted by molar-refractivity contribution is 7.92. The van der Waals surface area contributed by atoms with Gasteiger partial charge in [0.1, 0.15) is 24.0 Å². The summed E-state index contributed by atoms with van der Waals surface area (Å²) in [6.45, 7) is 4.96. The largest absolute Gasteiger partial charge is 0.495 e. The van der Waals surface area contributed by atoms with Crippen molar-refractivity contribution in [3.05, 3.63) is 63.2 Å². The number of anilines is 1. The van der Waals surface area contributed by atoms with E-state index >= 15 is 0 Å². The molecule has 0 fully saturated rings. The smallest absolute Gasteiger partial charge is 0.271 e. The van der Waals surface area contributed by atoms with Crippen molar-refractivity contribution in [1.29, 1.82) is 0 Å². The number of methoxy groups -OCH3 is 1. The zero-order valence-corrected chi connectivity index (χ0v) is 22.9. The summed E-state index contributed by atoms with van der Waals surface area (Å²) in [5.41, 5.74) is -0.00623. The summed E-state index contributed by atoms with van der Waals surface area (Å²) in [6, 6.07) is 9.23. The number of amides is 2. The van der Waals surface area contributed by atoms with Crippen LogP contribution in [0.2, 0.25) is 5.02 Å². The fraction of sp³-hybridized carbons (Fsp3) is 0.417. The van der Waals surface area contributed by atoms with Gasteiger partial charge in [0.2, 0.25) is 21.8 Å². The topological polar surface area (TPSA) is 139 Å². The summed E-state index contributed by atoms with van der Waals surface area (Å²) in [5.74, 6) is -0.950. The first-order valence-corrected chi connectivity index (χ1v) is 13.6. The minimum Gasteiger partial charge on any atom is -0.495 e. The summed E-state index contributed by atoms with van der Waals surface area (Å²) < 4.78 is 31.5. The van der Waals surface area contributed by atoms with Crippen molar-refractivity contribution in [3.8, 4) is 5.75 Å². The van der Waals surface area contributed by atoms with E-state index in [-0.39, 0.29) is 29.6 Å². The molecule has 202 valence electrons. The number of benzene rings is 2. The molecule has 37 heavy (non-hydrogen) atoms. The Balaban J connectivity index is 2.51. The molecule has 2 rings (SSSR count). The molecule has 11 nitrogen and oxygen atoms in total. The minimum absolute atomic E-state index is 0.0178. The number of ether oxygens (including phenoxy) is 1. The average Bonchev–Trinajstić information content (AvgIpc) is 2.83. The van der Waals surface area contributed by atoms with E-state index in [1.54, 1.807) is 24.3 Å². The van der Waals surface area contributed by atoms with Crippen LogP contribution in [0.5, 0.6) is 5.75 Å². The number of rotatable bonds is 12. The van der Waals surface area contributed by atoms with Gasteiger partial charge in [-0.25, -0.2) is 8.42 Å². The quantitative estimate of drug-likeness (QED) is 0.314. The Morgan fingerprint density at radius 3 is 2.35 bits per heavy atom. The highest BCUT2D eigenvalue weighted by Crippen LogP contribution is 2.34. The number of nitrogens with one attached hydrogen (secondary N) is 1. The Morgan fingerprint density at radius 1 is 1.16 bits per heavy atom. The number of sulfonamides is 1. The van der Waals surface area contributed by atoms with Crippen molar-refractivity contribution in [2.24, 2.45) is 5.92 Å². The van der Waals surface area contributed by atoms with Gasteiger partial charge in [-0.3, -0.25) is 24.0 Å². The lowest BCUT2D eigenvalue weighted by Gasteiger charge is -2.32. The molecule has 1 unspecified atom stereocenters. The van der Waals surface area contributed by atoms with Crippen molar-refractivity contribution in [3.63, 3.8) is 0 Å². The third-order valence-electron chi connectivity index (χ3n) is 5.47. The van der Waals surface area contributed by atoms with Crippen LogP contribution in [0.1, 0.15) is 26.3 Å². The van der Waals surface area contributed by atoms with Gasteiger partial charge < -0.3 is 15.0 Å². The zero-order valence-electron chi connectivity index (χ0n) is 21.3. The highest BCUT2D eigenvalue weighted by Gasteiger charge is 2.32. The molecule has 2 aromatic rings. The first kappa shape index (κ1) is 29.8. The van der Waals surface area contributed by atoms with Gasteiger partial charge in [0.15, 0.2) is 0 Å². The van der Waals surface area contributed by atoms with Gasteiger partial charge in [-0.05, 0) is 30.5 Å². The Hall–Kier alpha value is -3.38. The van der Waals surface area contributed by atoms with E-state index in [1.165, 1.54) is 25.0 Å². The second kappa shape index (κ2) is 12.7. The second-order valence-electron chi connectivity index (χ2n) is 8.81. The van der Waals surface area contributed by atoms with E-state index in [2.05, 4.69) is 5.32 Å². The van der Waals surface area contributed by atoms with Crippen LogP contribution in [0.3, 0.4) is 0 Å². The molecule has 0 aliphatic heterocycles. The first-order chi connectivity index (χ1) is 17.3. The molecule has 0 spiro atoms. The zero-order chi connectivity index (χ0) is 27.9. The van der Waals surface area contributed by atoms with Crippen molar-refractivity contribution >= 4 is 44.8 Å². The highest BCUT2D eigenvalue weighted by atomic mass is 35.5. The van der Waals surface area contributed by atoms with E-state index in [0.717, 1.165) is 22.7 Å². The number of carbonyl (C=O) groups excluding carboxylic acids is 2. The summed E-state index contributed by atoms with van der Waals surface area (Å²) in [7, 11) is -2.84. The molecule has 2 amide bonds. The molecule has 1 N–H and O–H groups in total. The van der Waals surface area contributed by atoms with E-state index in [4.69, 9.17) is 16.3 Å². The first-order valence-electron chi connectivity index (χ1n) is 11.4. The van der Waals surface area contributed by atoms with Gasteiger partial charge in [0.25, 0.3) is 5.69 Å². The van der Waals surface area contributed by atoms with Crippen LogP contribution in [0.4, 0.5) is 11.4 Å². The van der Waals surface area contributed by atoms with E-state index < -0.39 is 39.3 Å². The number of hydrogen-bond acceptors (Lipinski definition) is 7. The molecule has 1 atom stereocenters. The maximum absolute atomic E-state index is 13.6. The Labute approximate surface area is 221 Å². The fourth-order valence-corrected chi connectivity index (χ4v) is 4.47. The number of carbonyl (C=O) groups is 2. The van der Waals surface area contributed by atoms with Crippen molar-refractivity contribution < 1.29 is 27.7 Å². The van der Waals surface area contributed by atoms with Crippen LogP contribution < -0.4 is 14.4 Å². The molecule has 0 radical (unpaired) electrons. The molecular weight excluding hydrogens is 524 g/mol. The Kier molecular flexibility index (Phi) is 10.3. The second-order valence-corrected chi connectivity index (χ2v) is 11.1. The van der Waals surface area contributed by atoms with Crippen molar-refractivity contribution in [2.75, 3.05) is 30.8 Å². The van der Waals surface area contributed by atoms with Crippen LogP contribution in [0, 0.1) is 16.0 Å². The molecule has 0 bridgehead atoms. The van der Waals surface area contributed by atoms with Crippen LogP contribution in [0.25, 0.3) is 0 Å². The lowest BCUT2D eigenvalue weighted by molar-refractivity contribution is -0.384. The van der Waals surface area contributed by atoms with Crippen LogP contribution in [0.15, 0.2) is 42.5 Å². The van der Waals surface area contributed by atoms with Gasteiger partial charge in [-0.2, -0.15) is 0 Å². The predicted molar refractivity (Wildman–Crippen MR) is 141 cm³/mol. The Morgan fingerprint density at radius 2 is 1.81 bits per heavy atom. The van der Waals surface area contributed by atoms with Crippen molar-refractivity contribution in [2.45, 2.75) is 33.4 Å². The molecule has 0 saturated heterocycles. The molecular formula is C24H31ClN4O7S. The number of nitrogens with zero attached hydrogens (tertiary/aromatic N) is 3. The maximum atomic E-state index is 13.6. The van der Waals surface area contributed by atoms with Gasteiger partial charge in [0.05, 0.1) is 18.3 Å². The van der Waals surface area contributed by atoms with Gasteiger partial charge in [-0.15, -0.1) is 0 Å². The number of non-ortho nitro benzene ring substituents is 1. The minimum atomic E-state index is -4.11. The van der Waals surface area contributed by atoms with Crippen LogP contribution >= 0.6 is 11.6 Å². The number of halogens is 1. The molecule has 0 aliphatic rings.